The van der Waals surface area contributed by atoms with Crippen molar-refractivity contribution in [1.82, 2.24) is 24.1 Å². The summed E-state index contributed by atoms with van der Waals surface area (Å²) < 4.78 is 4.61. The summed E-state index contributed by atoms with van der Waals surface area (Å²) in [6.07, 6.45) is 0. The molecule has 11 rings (SSSR count). The van der Waals surface area contributed by atoms with E-state index in [0.29, 0.717) is 23.0 Å². The average Bonchev–Trinajstić information content (AvgIpc) is 3.82. The Kier molecular flexibility index (Phi) is 7.76. The molecule has 11 aromatic rings. The van der Waals surface area contributed by atoms with Crippen molar-refractivity contribution >= 4 is 43.6 Å². The quantitative estimate of drug-likeness (QED) is 0.170. The van der Waals surface area contributed by atoms with Crippen molar-refractivity contribution in [2.24, 2.45) is 0 Å². The van der Waals surface area contributed by atoms with Crippen LogP contribution in [0.4, 0.5) is 0 Å². The lowest BCUT2D eigenvalue weighted by atomic mass is 10.0. The first-order valence-electron chi connectivity index (χ1n) is 19.3. The summed E-state index contributed by atoms with van der Waals surface area (Å²) in [4.78, 5) is 15.1. The maximum Gasteiger partial charge on any atom is 0.166 e. The minimum absolute atomic E-state index is 0.491. The van der Waals surface area contributed by atoms with Crippen molar-refractivity contribution in [3.63, 3.8) is 0 Å². The first-order chi connectivity index (χ1) is 28.7. The Bertz CT molecular complexity index is 3280. The Balaban J connectivity index is 1.07. The molecule has 0 saturated heterocycles. The predicted molar refractivity (Wildman–Crippen MR) is 235 cm³/mol. The zero-order valence-electron chi connectivity index (χ0n) is 31.2. The van der Waals surface area contributed by atoms with Gasteiger partial charge in [0.25, 0.3) is 0 Å². The third kappa shape index (κ3) is 5.45. The zero-order valence-corrected chi connectivity index (χ0v) is 31.2. The van der Waals surface area contributed by atoms with E-state index in [2.05, 4.69) is 130 Å². The molecule has 270 valence electrons. The largest absolute Gasteiger partial charge is 0.309 e. The van der Waals surface area contributed by atoms with Gasteiger partial charge in [0.05, 0.1) is 39.4 Å². The van der Waals surface area contributed by atoms with Crippen LogP contribution in [0.5, 0.6) is 0 Å². The number of benzene rings is 8. The molecule has 0 aliphatic carbocycles. The van der Waals surface area contributed by atoms with Crippen molar-refractivity contribution < 1.29 is 0 Å². The molecule has 0 N–H and O–H groups in total. The molecule has 0 bridgehead atoms. The third-order valence-electron chi connectivity index (χ3n) is 11.0. The molecule has 0 fully saturated rings. The number of nitriles is 1. The molecule has 0 aliphatic rings. The lowest BCUT2D eigenvalue weighted by Crippen LogP contribution is -2.04. The molecule has 58 heavy (non-hydrogen) atoms. The standard InChI is InChI=1S/C52H32N6/c53-33-34-23-29-49(44(31-34)52-55-50(36-13-3-1-4-14-36)54-51(56-52)37-15-5-2-6-16-37)58-47-22-12-9-19-42(47)43-32-38(26-30-48(43)58)35-24-27-39(28-25-35)57-45-20-10-7-17-40(45)41-18-8-11-21-46(41)57/h1-32H. The van der Waals surface area contributed by atoms with Crippen molar-refractivity contribution in [2.45, 2.75) is 0 Å². The monoisotopic (exact) mass is 740 g/mol. The Morgan fingerprint density at radius 1 is 0.362 bits per heavy atom. The molecular weight excluding hydrogens is 709 g/mol. The van der Waals surface area contributed by atoms with Crippen molar-refractivity contribution in [3.05, 3.63) is 200 Å². The van der Waals surface area contributed by atoms with Crippen LogP contribution in [0.15, 0.2) is 194 Å². The lowest BCUT2D eigenvalue weighted by molar-refractivity contribution is 1.06. The number of aromatic nitrogens is 5. The molecule has 8 aromatic carbocycles. The van der Waals surface area contributed by atoms with Crippen LogP contribution in [-0.2, 0) is 0 Å². The van der Waals surface area contributed by atoms with E-state index >= 15 is 0 Å². The number of hydrogen-bond donors (Lipinski definition) is 0. The van der Waals surface area contributed by atoms with Gasteiger partial charge in [-0.1, -0.05) is 133 Å². The van der Waals surface area contributed by atoms with Crippen molar-refractivity contribution in [3.8, 4) is 62.7 Å². The third-order valence-corrected chi connectivity index (χ3v) is 11.0. The van der Waals surface area contributed by atoms with Crippen LogP contribution in [0.2, 0.25) is 0 Å². The SMILES string of the molecule is N#Cc1ccc(-n2c3ccccc3c3cc(-c4ccc(-n5c6ccccc6c6ccccc65)cc4)ccc32)c(-c2nc(-c3ccccc3)nc(-c3ccccc3)n2)c1. The highest BCUT2D eigenvalue weighted by Gasteiger charge is 2.21. The first kappa shape index (κ1) is 33.2. The topological polar surface area (TPSA) is 72.3 Å². The van der Waals surface area contributed by atoms with Gasteiger partial charge in [-0.05, 0) is 71.8 Å². The van der Waals surface area contributed by atoms with Gasteiger partial charge in [-0.25, -0.2) is 15.0 Å². The number of nitrogens with zero attached hydrogens (tertiary/aromatic N) is 6. The maximum absolute atomic E-state index is 10.1. The summed E-state index contributed by atoms with van der Waals surface area (Å²) in [6, 6.07) is 69.2. The van der Waals surface area contributed by atoms with Gasteiger partial charge in [-0.15, -0.1) is 0 Å². The van der Waals surface area contributed by atoms with Gasteiger partial charge in [-0.2, -0.15) is 5.26 Å². The molecule has 0 radical (unpaired) electrons. The molecule has 0 saturated carbocycles. The smallest absolute Gasteiger partial charge is 0.166 e. The Morgan fingerprint density at radius 2 is 0.845 bits per heavy atom. The van der Waals surface area contributed by atoms with E-state index in [0.717, 1.165) is 61.0 Å². The van der Waals surface area contributed by atoms with Gasteiger partial charge >= 0.3 is 0 Å². The van der Waals surface area contributed by atoms with Crippen molar-refractivity contribution in [2.75, 3.05) is 0 Å². The normalized spacial score (nSPS) is 11.4. The summed E-state index contributed by atoms with van der Waals surface area (Å²) in [6.45, 7) is 0. The molecule has 3 heterocycles. The second-order valence-electron chi connectivity index (χ2n) is 14.4. The summed E-state index contributed by atoms with van der Waals surface area (Å²) in [7, 11) is 0. The van der Waals surface area contributed by atoms with Crippen LogP contribution >= 0.6 is 0 Å². The second kappa shape index (κ2) is 13.6. The highest BCUT2D eigenvalue weighted by atomic mass is 15.1. The Labute approximate surface area is 334 Å². The fraction of sp³-hybridized carbons (Fsp3) is 0. The van der Waals surface area contributed by atoms with Gasteiger partial charge in [0.1, 0.15) is 0 Å². The molecule has 6 nitrogen and oxygen atoms in total. The van der Waals surface area contributed by atoms with Gasteiger partial charge in [0, 0.05) is 43.9 Å². The summed E-state index contributed by atoms with van der Waals surface area (Å²) >= 11 is 0. The summed E-state index contributed by atoms with van der Waals surface area (Å²) in [5, 5.41) is 14.9. The Hall–Kier alpha value is -8.14. The van der Waals surface area contributed by atoms with Crippen LogP contribution in [0.1, 0.15) is 5.56 Å². The molecule has 0 spiro atoms. The minimum atomic E-state index is 0.491. The lowest BCUT2D eigenvalue weighted by Gasteiger charge is -2.15. The van der Waals surface area contributed by atoms with E-state index in [1.807, 2.05) is 78.9 Å². The molecule has 3 aromatic heterocycles. The second-order valence-corrected chi connectivity index (χ2v) is 14.4. The zero-order chi connectivity index (χ0) is 38.6. The molecule has 0 amide bonds. The van der Waals surface area contributed by atoms with E-state index in [9.17, 15) is 5.26 Å². The van der Waals surface area contributed by atoms with Gasteiger partial charge < -0.3 is 9.13 Å². The van der Waals surface area contributed by atoms with Crippen LogP contribution in [0, 0.1) is 11.3 Å². The van der Waals surface area contributed by atoms with E-state index in [-0.39, 0.29) is 0 Å². The van der Waals surface area contributed by atoms with Gasteiger partial charge in [-0.3, -0.25) is 0 Å². The van der Waals surface area contributed by atoms with Crippen LogP contribution in [-0.4, -0.2) is 24.1 Å². The van der Waals surface area contributed by atoms with Crippen LogP contribution in [0.25, 0.3) is 100 Å². The fourth-order valence-corrected chi connectivity index (χ4v) is 8.32. The maximum atomic E-state index is 10.1. The van der Waals surface area contributed by atoms with Gasteiger partial charge in [0.2, 0.25) is 0 Å². The molecular formula is C52H32N6. The number of fused-ring (bicyclic) bond motifs is 6. The van der Waals surface area contributed by atoms with E-state index < -0.39 is 0 Å². The highest BCUT2D eigenvalue weighted by Crippen LogP contribution is 2.39. The number of rotatable bonds is 6. The fourth-order valence-electron chi connectivity index (χ4n) is 8.32. The van der Waals surface area contributed by atoms with Crippen LogP contribution < -0.4 is 0 Å². The molecule has 6 heteroatoms. The van der Waals surface area contributed by atoms with E-state index in [1.165, 1.54) is 21.8 Å². The first-order valence-corrected chi connectivity index (χ1v) is 19.3. The van der Waals surface area contributed by atoms with Gasteiger partial charge in [0.15, 0.2) is 17.5 Å². The Morgan fingerprint density at radius 3 is 1.43 bits per heavy atom. The highest BCUT2D eigenvalue weighted by molar-refractivity contribution is 6.11. The summed E-state index contributed by atoms with van der Waals surface area (Å²) in [5.41, 5.74) is 11.8. The molecule has 0 atom stereocenters. The predicted octanol–water partition coefficient (Wildman–Crippen LogP) is 12.6. The van der Waals surface area contributed by atoms with E-state index in [1.54, 1.807) is 0 Å². The van der Waals surface area contributed by atoms with Crippen LogP contribution in [0.3, 0.4) is 0 Å². The molecule has 0 aliphatic heterocycles. The molecule has 0 unspecified atom stereocenters. The average molecular weight is 741 g/mol. The number of para-hydroxylation sites is 3. The van der Waals surface area contributed by atoms with E-state index in [4.69, 9.17) is 15.0 Å². The summed E-state index contributed by atoms with van der Waals surface area (Å²) in [5.74, 6) is 1.62. The number of hydrogen-bond acceptors (Lipinski definition) is 4. The minimum Gasteiger partial charge on any atom is -0.309 e. The van der Waals surface area contributed by atoms with Crippen molar-refractivity contribution in [1.29, 1.82) is 5.26 Å².